The van der Waals surface area contributed by atoms with E-state index >= 15 is 0 Å². The topological polar surface area (TPSA) is 645 Å². The van der Waals surface area contributed by atoms with Gasteiger partial charge in [0, 0.05) is 25.7 Å². The highest BCUT2D eigenvalue weighted by Crippen LogP contribution is 2.44. The summed E-state index contributed by atoms with van der Waals surface area (Å²) >= 11 is 0. The maximum atomic E-state index is 11.7. The van der Waals surface area contributed by atoms with Crippen LogP contribution in [0.15, 0.2) is 0 Å². The maximum Gasteiger partial charge on any atom is 0.332 e. The van der Waals surface area contributed by atoms with Gasteiger partial charge >= 0.3 is 119 Å². The summed E-state index contributed by atoms with van der Waals surface area (Å²) < 4.78 is 53.6. The summed E-state index contributed by atoms with van der Waals surface area (Å²) in [6, 6.07) is 0. The molecule has 0 heterocycles. The van der Waals surface area contributed by atoms with Crippen molar-refractivity contribution in [2.24, 2.45) is 98.1 Å². The molecular formula is C101H180O41. The van der Waals surface area contributed by atoms with Gasteiger partial charge in [-0.15, -0.1) is 0 Å². The second-order valence-electron chi connectivity index (χ2n) is 41.2. The molecule has 0 radical (unpaired) electrons. The Hall–Kier alpha value is -10.6. The van der Waals surface area contributed by atoms with E-state index in [2.05, 4.69) is 4.74 Å². The van der Waals surface area contributed by atoms with Crippen LogP contribution in [0.1, 0.15) is 349 Å². The average molecular weight is 2050 g/mol. The predicted molar refractivity (Wildman–Crippen MR) is 523 cm³/mol. The second-order valence-corrected chi connectivity index (χ2v) is 41.2. The summed E-state index contributed by atoms with van der Waals surface area (Å²) in [7, 11) is 0. The van der Waals surface area contributed by atoms with E-state index in [4.69, 9.17) is 98.4 Å². The molecule has 1 aliphatic rings. The van der Waals surface area contributed by atoms with E-state index in [0.717, 1.165) is 25.7 Å². The zero-order valence-electron chi connectivity index (χ0n) is 90.6. The molecule has 0 bridgehead atoms. The Bertz CT molecular complexity index is 3590. The highest BCUT2D eigenvalue weighted by molar-refractivity contribution is 5.83. The fourth-order valence-electron chi connectivity index (χ4n) is 10.1. The first kappa shape index (κ1) is 149. The number of hydrogen-bond acceptors (Lipinski definition) is 31. The molecule has 10 N–H and O–H groups in total. The van der Waals surface area contributed by atoms with Crippen LogP contribution >= 0.6 is 0 Å². The number of carbonyl (C=O) groups is 20. The molecule has 0 spiro atoms. The summed E-state index contributed by atoms with van der Waals surface area (Å²) in [4.78, 5) is 216. The van der Waals surface area contributed by atoms with Crippen LogP contribution in [0.3, 0.4) is 0 Å². The van der Waals surface area contributed by atoms with Crippen LogP contribution in [0.25, 0.3) is 0 Å². The minimum atomic E-state index is -1.10. The predicted octanol–water partition coefficient (Wildman–Crippen LogP) is 16.7. The Morgan fingerprint density at radius 3 is 0.908 bits per heavy atom. The van der Waals surface area contributed by atoms with Gasteiger partial charge in [0.2, 0.25) is 0 Å². The summed E-state index contributed by atoms with van der Waals surface area (Å²) in [5.74, 6) is -11.0. The van der Waals surface area contributed by atoms with Crippen LogP contribution in [0.4, 0.5) is 0 Å². The Labute approximate surface area is 841 Å². The van der Waals surface area contributed by atoms with Gasteiger partial charge in [-0.05, 0) is 134 Å². The molecule has 0 aromatic heterocycles. The van der Waals surface area contributed by atoms with E-state index in [0.29, 0.717) is 121 Å². The normalized spacial score (nSPS) is 12.8. The van der Waals surface area contributed by atoms with Crippen molar-refractivity contribution in [2.45, 2.75) is 349 Å². The maximum absolute atomic E-state index is 11.7. The van der Waals surface area contributed by atoms with Gasteiger partial charge in [-0.3, -0.25) is 86.3 Å². The molecule has 0 amide bonds. The molecule has 0 aromatic rings. The molecule has 1 fully saturated rings. The number of carboxylic acid groups (broad SMARTS) is 10. The summed E-state index contributed by atoms with van der Waals surface area (Å²) in [6.45, 7) is 58.5. The molecule has 1 aliphatic carbocycles. The smallest absolute Gasteiger partial charge is 0.332 e. The minimum absolute atomic E-state index is 0.000276. The molecule has 0 aromatic carbocycles. The fourth-order valence-corrected chi connectivity index (χ4v) is 10.1. The zero-order valence-corrected chi connectivity index (χ0v) is 90.6. The highest BCUT2D eigenvalue weighted by atomic mass is 16.6. The van der Waals surface area contributed by atoms with Crippen LogP contribution in [-0.4, -0.2) is 250 Å². The first-order valence-electron chi connectivity index (χ1n) is 48.3. The number of rotatable bonds is 58. The summed E-state index contributed by atoms with van der Waals surface area (Å²) in [6.07, 6.45) is 5.75. The van der Waals surface area contributed by atoms with Gasteiger partial charge < -0.3 is 103 Å². The van der Waals surface area contributed by atoms with Crippen LogP contribution in [0, 0.1) is 98.1 Å². The molecular weight excluding hydrogens is 1870 g/mol. The Kier molecular flexibility index (Phi) is 89.1. The fraction of sp³-hybridized carbons (Fsp3) is 0.802. The SMILES string of the molecule is CC(C)COC(=O)CC(C)(C)C(=O)O.CC(C)COC(=O)CC(C)(C)CC(=O)O.CC(C)COC(=O)CC(C)C(=O)O.CC(C)COC(=O)CC(C)CC(=O)O.CC(C)COC(=O)CC1(CC(=O)O)CCCC1.CC(C)COC(=O)CCC(=O)O.CC(C)COC(=O)CCCC(=O)O.CC(C)COC(=O)COCC(=O)O.CCC(C)(CC(=O)O)CC(=O)OCC(C)C.CCC(C)(CC(=O)OCC(C)C)C(=O)O. The highest BCUT2D eigenvalue weighted by Gasteiger charge is 2.40. The van der Waals surface area contributed by atoms with Gasteiger partial charge in [0.15, 0.2) is 0 Å². The van der Waals surface area contributed by atoms with Crippen molar-refractivity contribution in [2.75, 3.05) is 79.3 Å². The van der Waals surface area contributed by atoms with Crippen molar-refractivity contribution in [3.05, 3.63) is 0 Å². The number of aliphatic carboxylic acids is 10. The first-order chi connectivity index (χ1) is 64.9. The molecule has 0 saturated heterocycles. The lowest BCUT2D eigenvalue weighted by Crippen LogP contribution is -2.30. The Balaban J connectivity index is -0.000000198. The van der Waals surface area contributed by atoms with Crippen LogP contribution in [0.5, 0.6) is 0 Å². The quantitative estimate of drug-likeness (QED) is 0.0200. The van der Waals surface area contributed by atoms with Crippen molar-refractivity contribution in [3.8, 4) is 0 Å². The average Bonchev–Trinajstić information content (AvgIpc) is 1.71. The van der Waals surface area contributed by atoms with Crippen molar-refractivity contribution in [1.29, 1.82) is 0 Å². The van der Waals surface area contributed by atoms with Crippen molar-refractivity contribution < 1.29 is 199 Å². The van der Waals surface area contributed by atoms with Crippen molar-refractivity contribution >= 4 is 119 Å². The van der Waals surface area contributed by atoms with Gasteiger partial charge in [0.1, 0.15) is 13.2 Å². The minimum Gasteiger partial charge on any atom is -0.481 e. The van der Waals surface area contributed by atoms with E-state index in [1.54, 1.807) is 41.5 Å². The molecule has 1 saturated carbocycles. The van der Waals surface area contributed by atoms with Crippen molar-refractivity contribution in [3.63, 3.8) is 0 Å². The van der Waals surface area contributed by atoms with Crippen LogP contribution in [0.2, 0.25) is 0 Å². The second kappa shape index (κ2) is 84.8. The van der Waals surface area contributed by atoms with Crippen molar-refractivity contribution in [1.82, 2.24) is 0 Å². The standard InChI is InChI=1S/C13H22O4.C12H22O4.2C11H20O4.2C10H18O4.2C9H16O4.C8H14O5.C8H14O4/c1-10(2)9-17-12(16)8-13(7-11(14)15)5-3-4-6-13;1-5-12(4,6-10(13)14)7-11(15)16-8-9(2)3;1-8(2)7-15-10(14)6-11(3,4)5-9(12)13;1-5-11(4,10(13)14)6-9(12)15-7-8(2)3;1-7(2)6-14-8(11)5-10(3,4)9(12)13;1-7(2)6-14-10(13)5-8(3)4-9(11)12;1-6(2)5-13-8(10)4-7(3)9(11)12;1-7(2)6-13-9(12)5-3-4-8(10)11;1-6(2)3-13-8(11)5-12-4-7(9)10;1-6(2)5-12-8(11)4-3-7(9)10/h10H,3-9H2,1-2H3,(H,14,15);9H,5-8H2,1-4H3,(H,13,14);8H,5-7H2,1-4H3,(H,12,13);8H,5-7H2,1-4H3,(H,13,14);7H,5-6H2,1-4H3,(H,12,13);7-8H,4-6H2,1-3H3,(H,11,12);6-7H,4-5H2,1-3H3,(H,11,12);7H,3-6H2,1-2H3,(H,10,11);6H,3-5H2,1-2H3,(H,9,10);6H,3-5H2,1-2H3,(H,9,10). The first-order valence-corrected chi connectivity index (χ1v) is 48.3. The molecule has 1 rings (SSSR count). The largest absolute Gasteiger partial charge is 0.481 e. The molecule has 830 valence electrons. The van der Waals surface area contributed by atoms with Crippen LogP contribution < -0.4 is 0 Å². The summed E-state index contributed by atoms with van der Waals surface area (Å²) in [5.41, 5.74) is -3.44. The molecule has 142 heavy (non-hydrogen) atoms. The zero-order chi connectivity index (χ0) is 113. The number of carboxylic acids is 10. The number of ether oxygens (including phenoxy) is 11. The number of carbonyl (C=O) groups excluding carboxylic acids is 10. The van der Waals surface area contributed by atoms with Gasteiger partial charge in [0.05, 0.1) is 153 Å². The molecule has 41 nitrogen and oxygen atoms in total. The lowest BCUT2D eigenvalue weighted by Gasteiger charge is -2.25. The van der Waals surface area contributed by atoms with E-state index in [-0.39, 0.29) is 168 Å². The number of hydrogen-bond donors (Lipinski definition) is 10. The monoisotopic (exact) mass is 2050 g/mol. The van der Waals surface area contributed by atoms with E-state index < -0.39 is 124 Å². The Morgan fingerprint density at radius 2 is 0.599 bits per heavy atom. The van der Waals surface area contributed by atoms with E-state index in [1.165, 1.54) is 20.8 Å². The lowest BCUT2D eigenvalue weighted by molar-refractivity contribution is -0.158. The molecule has 4 atom stereocenters. The van der Waals surface area contributed by atoms with E-state index in [9.17, 15) is 95.9 Å². The summed E-state index contributed by atoms with van der Waals surface area (Å²) in [5, 5.41) is 85.7. The molecule has 41 heteroatoms. The van der Waals surface area contributed by atoms with Gasteiger partial charge in [-0.25, -0.2) is 9.59 Å². The Morgan fingerprint density at radius 1 is 0.275 bits per heavy atom. The lowest BCUT2D eigenvalue weighted by atomic mass is 9.79. The molecule has 0 aliphatic heterocycles. The van der Waals surface area contributed by atoms with Gasteiger partial charge in [-0.1, -0.05) is 200 Å². The van der Waals surface area contributed by atoms with Gasteiger partial charge in [-0.2, -0.15) is 0 Å². The van der Waals surface area contributed by atoms with Gasteiger partial charge in [0.25, 0.3) is 0 Å². The van der Waals surface area contributed by atoms with Crippen LogP contribution in [-0.2, 0) is 148 Å². The number of esters is 10. The molecule has 4 unspecified atom stereocenters. The third-order valence-electron chi connectivity index (χ3n) is 18.4. The van der Waals surface area contributed by atoms with E-state index in [1.807, 2.05) is 145 Å². The third kappa shape index (κ3) is 110. The third-order valence-corrected chi connectivity index (χ3v) is 18.4.